The van der Waals surface area contributed by atoms with Crippen molar-refractivity contribution in [1.82, 2.24) is 15.3 Å². The lowest BCUT2D eigenvalue weighted by Gasteiger charge is -2.05. The number of nitrogens with two attached hydrogens (primary N) is 1. The summed E-state index contributed by atoms with van der Waals surface area (Å²) >= 11 is 1.53. The van der Waals surface area contributed by atoms with Gasteiger partial charge in [-0.2, -0.15) is 0 Å². The predicted molar refractivity (Wildman–Crippen MR) is 95.8 cm³/mol. The minimum Gasteiger partial charge on any atom is -0.508 e. The van der Waals surface area contributed by atoms with Gasteiger partial charge in [-0.25, -0.2) is 4.98 Å². The van der Waals surface area contributed by atoms with Crippen molar-refractivity contribution in [2.45, 2.75) is 24.9 Å². The number of nitrogen functional groups attached to an aromatic ring is 1. The molecule has 5 nitrogen and oxygen atoms in total. The first kappa shape index (κ1) is 15.1. The Hall–Kier alpha value is -2.44. The Morgan fingerprint density at radius 3 is 2.83 bits per heavy atom. The number of anilines is 1. The largest absolute Gasteiger partial charge is 0.508 e. The molecule has 0 bridgehead atoms. The minimum atomic E-state index is 0.258. The van der Waals surface area contributed by atoms with Crippen LogP contribution in [0, 0.1) is 0 Å². The van der Waals surface area contributed by atoms with E-state index in [2.05, 4.69) is 21.4 Å². The van der Waals surface area contributed by atoms with E-state index in [0.717, 1.165) is 29.1 Å². The second kappa shape index (κ2) is 6.22. The fourth-order valence-electron chi connectivity index (χ4n) is 2.89. The summed E-state index contributed by atoms with van der Waals surface area (Å²) in [5.41, 5.74) is 8.70. The Morgan fingerprint density at radius 1 is 1.21 bits per heavy atom. The number of phenols is 1. The van der Waals surface area contributed by atoms with Crippen molar-refractivity contribution in [3.63, 3.8) is 0 Å². The summed E-state index contributed by atoms with van der Waals surface area (Å²) in [5, 5.41) is 13.7. The number of nitrogens with zero attached hydrogens (tertiary/aromatic N) is 2. The van der Waals surface area contributed by atoms with Crippen LogP contribution in [0.5, 0.6) is 5.75 Å². The predicted octanol–water partition coefficient (Wildman–Crippen LogP) is 3.14. The van der Waals surface area contributed by atoms with Gasteiger partial charge in [-0.1, -0.05) is 18.2 Å². The van der Waals surface area contributed by atoms with Gasteiger partial charge in [0.25, 0.3) is 0 Å². The Balaban J connectivity index is 1.38. The maximum Gasteiger partial charge on any atom is 0.180 e. The highest BCUT2D eigenvalue weighted by atomic mass is 32.1. The highest BCUT2D eigenvalue weighted by Gasteiger charge is 2.38. The Labute approximate surface area is 144 Å². The third-order valence-corrected chi connectivity index (χ3v) is 5.08. The van der Waals surface area contributed by atoms with E-state index in [4.69, 9.17) is 5.73 Å². The molecule has 2 aromatic heterocycles. The quantitative estimate of drug-likeness (QED) is 0.665. The lowest BCUT2D eigenvalue weighted by Crippen LogP contribution is -2.16. The molecular formula is C18H18N4OS. The standard InChI is InChI=1S/C18H18N4OS/c19-18-22-10-14(24-18)9-21-17-7-15(17)12-4-5-16(20-8-12)11-2-1-3-13(23)6-11/h1-6,8,10,15,17,21,23H,7,9H2,(H2,19,22)/t15-,17+/m0/s1. The van der Waals surface area contributed by atoms with E-state index in [1.807, 2.05) is 30.6 Å². The van der Waals surface area contributed by atoms with Crippen molar-refractivity contribution < 1.29 is 5.11 Å². The summed E-state index contributed by atoms with van der Waals surface area (Å²) in [7, 11) is 0. The first-order valence-corrected chi connectivity index (χ1v) is 8.69. The number of phenolic OH excluding ortho intramolecular Hbond substituents is 1. The Morgan fingerprint density at radius 2 is 2.12 bits per heavy atom. The number of benzene rings is 1. The smallest absolute Gasteiger partial charge is 0.180 e. The maximum atomic E-state index is 9.57. The molecule has 1 aromatic carbocycles. The topological polar surface area (TPSA) is 84.1 Å². The number of aromatic nitrogens is 2. The molecule has 1 fully saturated rings. The van der Waals surface area contributed by atoms with E-state index in [9.17, 15) is 5.11 Å². The van der Waals surface area contributed by atoms with E-state index < -0.39 is 0 Å². The first-order chi connectivity index (χ1) is 11.7. The van der Waals surface area contributed by atoms with Crippen LogP contribution in [0.4, 0.5) is 5.13 Å². The summed E-state index contributed by atoms with van der Waals surface area (Å²) in [4.78, 5) is 9.77. The monoisotopic (exact) mass is 338 g/mol. The second-order valence-electron chi connectivity index (χ2n) is 6.02. The van der Waals surface area contributed by atoms with Gasteiger partial charge in [0, 0.05) is 41.3 Å². The van der Waals surface area contributed by atoms with Crippen LogP contribution in [0.15, 0.2) is 48.8 Å². The van der Waals surface area contributed by atoms with Crippen molar-refractivity contribution in [3.05, 3.63) is 59.2 Å². The van der Waals surface area contributed by atoms with E-state index in [0.29, 0.717) is 17.1 Å². The molecule has 4 N–H and O–H groups in total. The van der Waals surface area contributed by atoms with Crippen LogP contribution >= 0.6 is 11.3 Å². The number of nitrogens with one attached hydrogen (secondary N) is 1. The Bertz CT molecular complexity index is 846. The number of pyridine rings is 1. The van der Waals surface area contributed by atoms with Crippen LogP contribution in [0.3, 0.4) is 0 Å². The molecule has 1 aliphatic carbocycles. The third kappa shape index (κ3) is 3.25. The van der Waals surface area contributed by atoms with Crippen LogP contribution in [-0.4, -0.2) is 21.1 Å². The van der Waals surface area contributed by atoms with Crippen LogP contribution < -0.4 is 11.1 Å². The normalized spacial score (nSPS) is 19.3. The van der Waals surface area contributed by atoms with E-state index in [1.54, 1.807) is 12.1 Å². The van der Waals surface area contributed by atoms with E-state index in [1.165, 1.54) is 16.9 Å². The van der Waals surface area contributed by atoms with Gasteiger partial charge in [-0.05, 0) is 30.2 Å². The van der Waals surface area contributed by atoms with E-state index >= 15 is 0 Å². The summed E-state index contributed by atoms with van der Waals surface area (Å²) in [5.74, 6) is 0.773. The summed E-state index contributed by atoms with van der Waals surface area (Å²) in [6, 6.07) is 11.8. The molecule has 1 aliphatic rings. The van der Waals surface area contributed by atoms with Gasteiger partial charge < -0.3 is 16.2 Å². The van der Waals surface area contributed by atoms with Gasteiger partial charge in [0.1, 0.15) is 5.75 Å². The zero-order valence-electron chi connectivity index (χ0n) is 13.0. The number of hydrogen-bond acceptors (Lipinski definition) is 6. The molecular weight excluding hydrogens is 320 g/mol. The zero-order chi connectivity index (χ0) is 16.5. The highest BCUT2D eigenvalue weighted by Crippen LogP contribution is 2.41. The lowest BCUT2D eigenvalue weighted by atomic mass is 10.1. The molecule has 24 heavy (non-hydrogen) atoms. The average Bonchev–Trinajstić information content (AvgIpc) is 3.26. The lowest BCUT2D eigenvalue weighted by molar-refractivity contribution is 0.475. The Kier molecular flexibility index (Phi) is 3.92. The van der Waals surface area contributed by atoms with Gasteiger partial charge in [-0.15, -0.1) is 11.3 Å². The van der Waals surface area contributed by atoms with Gasteiger partial charge in [-0.3, -0.25) is 4.98 Å². The molecule has 0 aliphatic heterocycles. The molecule has 2 atom stereocenters. The molecule has 0 radical (unpaired) electrons. The molecule has 3 aromatic rings. The molecule has 0 unspecified atom stereocenters. The molecule has 2 heterocycles. The highest BCUT2D eigenvalue weighted by molar-refractivity contribution is 7.15. The van der Waals surface area contributed by atoms with Crippen molar-refractivity contribution >= 4 is 16.5 Å². The molecule has 4 rings (SSSR count). The van der Waals surface area contributed by atoms with Crippen molar-refractivity contribution in [3.8, 4) is 17.0 Å². The van der Waals surface area contributed by atoms with E-state index in [-0.39, 0.29) is 5.75 Å². The average molecular weight is 338 g/mol. The van der Waals surface area contributed by atoms with Crippen LogP contribution in [-0.2, 0) is 6.54 Å². The zero-order valence-corrected chi connectivity index (χ0v) is 13.8. The number of hydrogen-bond donors (Lipinski definition) is 3. The molecule has 122 valence electrons. The molecule has 0 spiro atoms. The van der Waals surface area contributed by atoms with Crippen LogP contribution in [0.25, 0.3) is 11.3 Å². The number of thiazole rings is 1. The maximum absolute atomic E-state index is 9.57. The molecule has 6 heteroatoms. The van der Waals surface area contributed by atoms with Gasteiger partial charge in [0.15, 0.2) is 5.13 Å². The van der Waals surface area contributed by atoms with Gasteiger partial charge in [0.2, 0.25) is 0 Å². The first-order valence-electron chi connectivity index (χ1n) is 7.88. The SMILES string of the molecule is Nc1ncc(CN[C@@H]2C[C@H]2c2ccc(-c3cccc(O)c3)nc2)s1. The summed E-state index contributed by atoms with van der Waals surface area (Å²) < 4.78 is 0. The molecule has 0 saturated heterocycles. The van der Waals surface area contributed by atoms with Gasteiger partial charge >= 0.3 is 0 Å². The van der Waals surface area contributed by atoms with Crippen molar-refractivity contribution in [2.24, 2.45) is 0 Å². The number of aromatic hydroxyl groups is 1. The summed E-state index contributed by atoms with van der Waals surface area (Å²) in [6.07, 6.45) is 4.90. The fourth-order valence-corrected chi connectivity index (χ4v) is 3.52. The minimum absolute atomic E-state index is 0.258. The number of rotatable bonds is 5. The van der Waals surface area contributed by atoms with Gasteiger partial charge in [0.05, 0.1) is 5.69 Å². The van der Waals surface area contributed by atoms with Crippen molar-refractivity contribution in [2.75, 3.05) is 5.73 Å². The molecule has 0 amide bonds. The van der Waals surface area contributed by atoms with Crippen molar-refractivity contribution in [1.29, 1.82) is 0 Å². The third-order valence-electron chi connectivity index (χ3n) is 4.26. The van der Waals surface area contributed by atoms with Crippen LogP contribution in [0.2, 0.25) is 0 Å². The molecule has 1 saturated carbocycles. The second-order valence-corrected chi connectivity index (χ2v) is 7.17. The van der Waals surface area contributed by atoms with Crippen LogP contribution in [0.1, 0.15) is 22.8 Å². The summed E-state index contributed by atoms with van der Waals surface area (Å²) in [6.45, 7) is 0.810. The fraction of sp³-hybridized carbons (Fsp3) is 0.222.